The van der Waals surface area contributed by atoms with Crippen molar-refractivity contribution < 1.29 is 9.90 Å². The Bertz CT molecular complexity index is 355. The third kappa shape index (κ3) is 3.29. The van der Waals surface area contributed by atoms with Crippen molar-refractivity contribution in [1.82, 2.24) is 10.3 Å². The summed E-state index contributed by atoms with van der Waals surface area (Å²) < 4.78 is 0. The second kappa shape index (κ2) is 6.19. The summed E-state index contributed by atoms with van der Waals surface area (Å²) >= 11 is 0. The Hall–Kier alpha value is -1.46. The molecule has 16 heavy (non-hydrogen) atoms. The number of nitrogens with two attached hydrogens (primary N) is 1. The van der Waals surface area contributed by atoms with Crippen LogP contribution in [-0.4, -0.2) is 29.1 Å². The quantitative estimate of drug-likeness (QED) is 0.602. The van der Waals surface area contributed by atoms with Crippen molar-refractivity contribution in [2.45, 2.75) is 19.4 Å². The third-order valence-electron chi connectivity index (χ3n) is 2.37. The Balaban J connectivity index is 2.74. The van der Waals surface area contributed by atoms with E-state index in [1.54, 1.807) is 18.5 Å². The maximum atomic E-state index is 11.2. The molecule has 0 saturated heterocycles. The minimum absolute atomic E-state index is 0.0113. The Kier molecular flexibility index (Phi) is 4.88. The number of carbonyl (C=O) groups is 1. The van der Waals surface area contributed by atoms with E-state index in [0.29, 0.717) is 18.5 Å². The largest absolute Gasteiger partial charge is 0.396 e. The van der Waals surface area contributed by atoms with Crippen molar-refractivity contribution in [3.05, 3.63) is 29.6 Å². The molecule has 88 valence electrons. The Morgan fingerprint density at radius 1 is 1.69 bits per heavy atom. The van der Waals surface area contributed by atoms with Crippen LogP contribution in [0.5, 0.6) is 0 Å². The topological polar surface area (TPSA) is 88.2 Å². The molecule has 0 saturated carbocycles. The maximum absolute atomic E-state index is 11.2. The molecule has 5 nitrogen and oxygen atoms in total. The highest BCUT2D eigenvalue weighted by Crippen LogP contribution is 2.15. The predicted molar refractivity (Wildman–Crippen MR) is 60.9 cm³/mol. The van der Waals surface area contributed by atoms with Crippen LogP contribution in [0.1, 0.15) is 35.3 Å². The molecule has 1 aromatic heterocycles. The molecule has 5 heteroatoms. The summed E-state index contributed by atoms with van der Waals surface area (Å²) in [6.07, 6.45) is 3.86. The van der Waals surface area contributed by atoms with E-state index >= 15 is 0 Å². The van der Waals surface area contributed by atoms with Crippen LogP contribution in [-0.2, 0) is 0 Å². The van der Waals surface area contributed by atoms with Crippen LogP contribution in [0.15, 0.2) is 18.5 Å². The van der Waals surface area contributed by atoms with Gasteiger partial charge in [-0.15, -0.1) is 0 Å². The molecule has 1 heterocycles. The number of nitrogens with one attached hydrogen (secondary N) is 1. The van der Waals surface area contributed by atoms with Crippen LogP contribution >= 0.6 is 0 Å². The average Bonchev–Trinajstić information content (AvgIpc) is 2.29. The van der Waals surface area contributed by atoms with Crippen LogP contribution < -0.4 is 11.1 Å². The lowest BCUT2D eigenvalue weighted by atomic mass is 10.0. The van der Waals surface area contributed by atoms with Crippen LogP contribution in [0, 0.1) is 0 Å². The van der Waals surface area contributed by atoms with Crippen LogP contribution in [0.3, 0.4) is 0 Å². The van der Waals surface area contributed by atoms with Gasteiger partial charge in [-0.3, -0.25) is 9.78 Å². The molecule has 1 amide bonds. The molecular weight excluding hydrogens is 206 g/mol. The number of carbonyl (C=O) groups excluding carboxylic acids is 1. The highest BCUT2D eigenvalue weighted by molar-refractivity contribution is 5.94. The van der Waals surface area contributed by atoms with Crippen molar-refractivity contribution in [2.24, 2.45) is 5.73 Å². The molecule has 1 rings (SSSR count). The van der Waals surface area contributed by atoms with Gasteiger partial charge < -0.3 is 16.2 Å². The van der Waals surface area contributed by atoms with E-state index in [0.717, 1.165) is 5.56 Å². The van der Waals surface area contributed by atoms with Gasteiger partial charge in [0.1, 0.15) is 0 Å². The molecule has 0 bridgehead atoms. The van der Waals surface area contributed by atoms with E-state index in [9.17, 15) is 4.79 Å². The van der Waals surface area contributed by atoms with Crippen molar-refractivity contribution in [1.29, 1.82) is 0 Å². The second-order valence-corrected chi connectivity index (χ2v) is 3.58. The summed E-state index contributed by atoms with van der Waals surface area (Å²) in [4.78, 5) is 15.2. The number of nitrogens with zero attached hydrogens (tertiary/aromatic N) is 1. The minimum Gasteiger partial charge on any atom is -0.396 e. The maximum Gasteiger partial charge on any atom is 0.249 e. The molecule has 0 aliphatic heterocycles. The van der Waals surface area contributed by atoms with Gasteiger partial charge >= 0.3 is 0 Å². The lowest BCUT2D eigenvalue weighted by molar-refractivity contribution is 0.0998. The smallest absolute Gasteiger partial charge is 0.249 e. The normalized spacial score (nSPS) is 12.4. The summed E-state index contributed by atoms with van der Waals surface area (Å²) in [5.41, 5.74) is 6.54. The lowest BCUT2D eigenvalue weighted by Crippen LogP contribution is -2.24. The Labute approximate surface area is 94.7 Å². The van der Waals surface area contributed by atoms with Crippen molar-refractivity contribution in [3.63, 3.8) is 0 Å². The van der Waals surface area contributed by atoms with Gasteiger partial charge in [-0.2, -0.15) is 0 Å². The highest BCUT2D eigenvalue weighted by atomic mass is 16.3. The molecule has 0 fully saturated rings. The molecule has 0 aliphatic carbocycles. The summed E-state index contributed by atoms with van der Waals surface area (Å²) in [6, 6.07) is 1.60. The second-order valence-electron chi connectivity index (χ2n) is 3.58. The van der Waals surface area contributed by atoms with Crippen LogP contribution in [0.25, 0.3) is 0 Å². The summed E-state index contributed by atoms with van der Waals surface area (Å²) in [7, 11) is 0. The lowest BCUT2D eigenvalue weighted by Gasteiger charge is -2.15. The monoisotopic (exact) mass is 223 g/mol. The molecule has 0 spiro atoms. The fourth-order valence-electron chi connectivity index (χ4n) is 1.48. The van der Waals surface area contributed by atoms with Crippen LogP contribution in [0.2, 0.25) is 0 Å². The van der Waals surface area contributed by atoms with E-state index in [1.165, 1.54) is 0 Å². The van der Waals surface area contributed by atoms with E-state index in [-0.39, 0.29) is 12.6 Å². The molecular formula is C11H17N3O2. The van der Waals surface area contributed by atoms with Gasteiger partial charge in [0.05, 0.1) is 0 Å². The van der Waals surface area contributed by atoms with E-state index < -0.39 is 5.91 Å². The van der Waals surface area contributed by atoms with Gasteiger partial charge in [-0.1, -0.05) is 0 Å². The summed E-state index contributed by atoms with van der Waals surface area (Å²) in [6.45, 7) is 2.76. The standard InChI is InChI=1S/C11H17N3O2/c1-8(14-4-2-6-15)10-7-13-5-3-9(10)11(12)16/h3,5,7-8,14-15H,2,4,6H2,1H3,(H2,12,16). The summed E-state index contributed by atoms with van der Waals surface area (Å²) in [5.74, 6) is -0.451. The SMILES string of the molecule is CC(NCCCO)c1cnccc1C(N)=O. The zero-order valence-electron chi connectivity index (χ0n) is 9.31. The number of rotatable bonds is 6. The fraction of sp³-hybridized carbons (Fsp3) is 0.455. The number of hydrogen-bond acceptors (Lipinski definition) is 4. The number of primary amides is 1. The first-order valence-corrected chi connectivity index (χ1v) is 5.24. The van der Waals surface area contributed by atoms with Gasteiger partial charge in [0, 0.05) is 30.6 Å². The van der Waals surface area contributed by atoms with Crippen molar-refractivity contribution in [3.8, 4) is 0 Å². The van der Waals surface area contributed by atoms with Gasteiger partial charge in [0.25, 0.3) is 0 Å². The van der Waals surface area contributed by atoms with E-state index in [2.05, 4.69) is 10.3 Å². The molecule has 0 aromatic carbocycles. The molecule has 0 radical (unpaired) electrons. The number of aromatic nitrogens is 1. The van der Waals surface area contributed by atoms with Gasteiger partial charge in [0.2, 0.25) is 5.91 Å². The predicted octanol–water partition coefficient (Wildman–Crippen LogP) is 0.213. The van der Waals surface area contributed by atoms with E-state index in [4.69, 9.17) is 10.8 Å². The van der Waals surface area contributed by atoms with Gasteiger partial charge in [-0.05, 0) is 31.5 Å². The van der Waals surface area contributed by atoms with Gasteiger partial charge in [0.15, 0.2) is 0 Å². The fourth-order valence-corrected chi connectivity index (χ4v) is 1.48. The Morgan fingerprint density at radius 3 is 3.06 bits per heavy atom. The van der Waals surface area contributed by atoms with Gasteiger partial charge in [-0.25, -0.2) is 0 Å². The average molecular weight is 223 g/mol. The molecule has 4 N–H and O–H groups in total. The first-order valence-electron chi connectivity index (χ1n) is 5.24. The minimum atomic E-state index is -0.451. The molecule has 1 unspecified atom stereocenters. The zero-order chi connectivity index (χ0) is 12.0. The van der Waals surface area contributed by atoms with Crippen molar-refractivity contribution in [2.75, 3.05) is 13.2 Å². The first kappa shape index (κ1) is 12.6. The number of pyridine rings is 1. The number of aliphatic hydroxyl groups excluding tert-OH is 1. The van der Waals surface area contributed by atoms with E-state index in [1.807, 2.05) is 6.92 Å². The molecule has 0 aliphatic rings. The number of hydrogen-bond donors (Lipinski definition) is 3. The summed E-state index contributed by atoms with van der Waals surface area (Å²) in [5, 5.41) is 11.9. The highest BCUT2D eigenvalue weighted by Gasteiger charge is 2.13. The first-order chi connectivity index (χ1) is 7.66. The Morgan fingerprint density at radius 2 is 2.44 bits per heavy atom. The molecule has 1 atom stereocenters. The number of aliphatic hydroxyl groups is 1. The molecule has 1 aromatic rings. The number of amides is 1. The van der Waals surface area contributed by atoms with Crippen LogP contribution in [0.4, 0.5) is 0 Å². The third-order valence-corrected chi connectivity index (χ3v) is 2.37. The zero-order valence-corrected chi connectivity index (χ0v) is 9.31. The van der Waals surface area contributed by atoms with Crippen molar-refractivity contribution >= 4 is 5.91 Å².